The lowest BCUT2D eigenvalue weighted by atomic mass is 10.0. The highest BCUT2D eigenvalue weighted by Gasteiger charge is 2.15. The standard InChI is InChI=1S/C16H19N5OS/c1-9(2)14(22)10-5-6-11-12(7-10)18-15(17-11)16-19-13(20-23-4)8-21(16)3/h5-9,20H,1-4H3,(H,17,18). The molecule has 2 N–H and O–H groups in total. The van der Waals surface area contributed by atoms with Crippen LogP contribution in [0.25, 0.3) is 22.7 Å². The lowest BCUT2D eigenvalue weighted by Crippen LogP contribution is -2.06. The fourth-order valence-electron chi connectivity index (χ4n) is 2.44. The van der Waals surface area contributed by atoms with Crippen molar-refractivity contribution in [3.63, 3.8) is 0 Å². The number of aromatic nitrogens is 4. The van der Waals surface area contributed by atoms with Crippen LogP contribution in [0.3, 0.4) is 0 Å². The second kappa shape index (κ2) is 6.08. The molecule has 0 aliphatic heterocycles. The van der Waals surface area contributed by atoms with Gasteiger partial charge in [0.15, 0.2) is 23.2 Å². The summed E-state index contributed by atoms with van der Waals surface area (Å²) in [4.78, 5) is 24.5. The minimum atomic E-state index is -0.0236. The van der Waals surface area contributed by atoms with Gasteiger partial charge in [-0.2, -0.15) is 0 Å². The maximum absolute atomic E-state index is 12.1. The number of hydrogen-bond acceptors (Lipinski definition) is 5. The molecule has 2 heterocycles. The first-order valence-electron chi connectivity index (χ1n) is 7.36. The lowest BCUT2D eigenvalue weighted by Gasteiger charge is -2.03. The highest BCUT2D eigenvalue weighted by molar-refractivity contribution is 7.99. The van der Waals surface area contributed by atoms with Gasteiger partial charge in [0, 0.05) is 31.0 Å². The fourth-order valence-corrected chi connectivity index (χ4v) is 2.75. The van der Waals surface area contributed by atoms with Crippen LogP contribution in [-0.4, -0.2) is 31.6 Å². The van der Waals surface area contributed by atoms with Crippen LogP contribution in [0.2, 0.25) is 0 Å². The fraction of sp³-hybridized carbons (Fsp3) is 0.312. The molecule has 0 atom stereocenters. The van der Waals surface area contributed by atoms with Crippen molar-refractivity contribution in [1.29, 1.82) is 0 Å². The normalized spacial score (nSPS) is 11.3. The van der Waals surface area contributed by atoms with E-state index >= 15 is 0 Å². The number of carbonyl (C=O) groups is 1. The topological polar surface area (TPSA) is 75.6 Å². The zero-order valence-corrected chi connectivity index (χ0v) is 14.4. The zero-order valence-electron chi connectivity index (χ0n) is 13.5. The number of nitrogens with zero attached hydrogens (tertiary/aromatic N) is 3. The third kappa shape index (κ3) is 2.96. The van der Waals surface area contributed by atoms with Crippen molar-refractivity contribution in [2.45, 2.75) is 13.8 Å². The summed E-state index contributed by atoms with van der Waals surface area (Å²) in [6, 6.07) is 5.56. The number of Topliss-reactive ketones (excluding diaryl/α,β-unsaturated/α-hetero) is 1. The smallest absolute Gasteiger partial charge is 0.178 e. The van der Waals surface area contributed by atoms with Gasteiger partial charge in [-0.25, -0.2) is 9.97 Å². The number of carbonyl (C=O) groups excluding carboxylic acids is 1. The van der Waals surface area contributed by atoms with Gasteiger partial charge < -0.3 is 14.3 Å². The predicted octanol–water partition coefficient (Wildman–Crippen LogP) is 3.49. The average molecular weight is 329 g/mol. The van der Waals surface area contributed by atoms with Crippen LogP contribution in [0, 0.1) is 5.92 Å². The molecule has 0 saturated carbocycles. The number of ketones is 1. The molecule has 0 bridgehead atoms. The monoisotopic (exact) mass is 329 g/mol. The molecule has 0 unspecified atom stereocenters. The van der Waals surface area contributed by atoms with Gasteiger partial charge >= 0.3 is 0 Å². The summed E-state index contributed by atoms with van der Waals surface area (Å²) in [7, 11) is 1.93. The lowest BCUT2D eigenvalue weighted by molar-refractivity contribution is 0.0939. The number of aryl methyl sites for hydroxylation is 1. The van der Waals surface area contributed by atoms with E-state index in [-0.39, 0.29) is 11.7 Å². The SMILES string of the molecule is CSNc1cn(C)c(-c2nc3ccc(C(=O)C(C)C)cc3[nH]2)n1. The predicted molar refractivity (Wildman–Crippen MR) is 94.6 cm³/mol. The van der Waals surface area contributed by atoms with E-state index in [0.29, 0.717) is 11.4 Å². The van der Waals surface area contributed by atoms with Gasteiger partial charge in [-0.1, -0.05) is 25.8 Å². The van der Waals surface area contributed by atoms with Gasteiger partial charge in [0.1, 0.15) is 0 Å². The van der Waals surface area contributed by atoms with Gasteiger partial charge in [-0.3, -0.25) is 4.79 Å². The number of rotatable bonds is 5. The number of nitrogens with one attached hydrogen (secondary N) is 2. The molecule has 0 radical (unpaired) electrons. The Bertz CT molecular complexity index is 865. The van der Waals surface area contributed by atoms with E-state index in [9.17, 15) is 4.79 Å². The Balaban J connectivity index is 2.01. The first kappa shape index (κ1) is 15.6. The summed E-state index contributed by atoms with van der Waals surface area (Å²) in [5.41, 5.74) is 2.36. The second-order valence-electron chi connectivity index (χ2n) is 5.70. The molecule has 7 heteroatoms. The number of benzene rings is 1. The molecular formula is C16H19N5OS. The van der Waals surface area contributed by atoms with Crippen molar-refractivity contribution >= 4 is 34.6 Å². The Kier molecular flexibility index (Phi) is 4.12. The summed E-state index contributed by atoms with van der Waals surface area (Å²) in [5.74, 6) is 2.32. The molecule has 3 rings (SSSR count). The van der Waals surface area contributed by atoms with Crippen LogP contribution in [0.4, 0.5) is 5.82 Å². The quantitative estimate of drug-likeness (QED) is 0.553. The van der Waals surface area contributed by atoms with Gasteiger partial charge in [0.25, 0.3) is 0 Å². The van der Waals surface area contributed by atoms with E-state index < -0.39 is 0 Å². The van der Waals surface area contributed by atoms with E-state index in [1.807, 2.05) is 56.1 Å². The van der Waals surface area contributed by atoms with Crippen LogP contribution in [0.1, 0.15) is 24.2 Å². The molecular weight excluding hydrogens is 310 g/mol. The van der Waals surface area contributed by atoms with Crippen LogP contribution < -0.4 is 4.72 Å². The highest BCUT2D eigenvalue weighted by atomic mass is 32.2. The average Bonchev–Trinajstić information content (AvgIpc) is 3.09. The third-order valence-corrected chi connectivity index (χ3v) is 4.00. The van der Waals surface area contributed by atoms with Crippen LogP contribution >= 0.6 is 11.9 Å². The van der Waals surface area contributed by atoms with E-state index in [0.717, 1.165) is 22.7 Å². The molecule has 120 valence electrons. The Morgan fingerprint density at radius 2 is 2.13 bits per heavy atom. The van der Waals surface area contributed by atoms with Gasteiger partial charge in [-0.05, 0) is 18.2 Å². The Labute approximate surface area is 138 Å². The third-order valence-electron chi connectivity index (χ3n) is 3.59. The number of imidazole rings is 2. The molecule has 6 nitrogen and oxygen atoms in total. The molecule has 0 fully saturated rings. The number of aromatic amines is 1. The summed E-state index contributed by atoms with van der Waals surface area (Å²) in [6.07, 6.45) is 3.86. The second-order valence-corrected chi connectivity index (χ2v) is 6.32. The summed E-state index contributed by atoms with van der Waals surface area (Å²) >= 11 is 1.49. The number of fused-ring (bicyclic) bond motifs is 1. The van der Waals surface area contributed by atoms with Crippen LogP contribution in [0.5, 0.6) is 0 Å². The van der Waals surface area contributed by atoms with E-state index in [2.05, 4.69) is 19.7 Å². The molecule has 2 aromatic heterocycles. The molecule has 1 aromatic carbocycles. The molecule has 0 saturated heterocycles. The van der Waals surface area contributed by atoms with E-state index in [1.165, 1.54) is 11.9 Å². The number of H-pyrrole nitrogens is 1. The summed E-state index contributed by atoms with van der Waals surface area (Å²) in [5, 5.41) is 0. The number of hydrogen-bond donors (Lipinski definition) is 2. The maximum atomic E-state index is 12.1. The van der Waals surface area contributed by atoms with Crippen molar-refractivity contribution < 1.29 is 4.79 Å². The first-order chi connectivity index (χ1) is 11.0. The Morgan fingerprint density at radius 1 is 1.35 bits per heavy atom. The highest BCUT2D eigenvalue weighted by Crippen LogP contribution is 2.23. The first-order valence-corrected chi connectivity index (χ1v) is 8.58. The van der Waals surface area contributed by atoms with Crippen molar-refractivity contribution in [3.8, 4) is 11.6 Å². The van der Waals surface area contributed by atoms with E-state index in [1.54, 1.807) is 0 Å². The molecule has 0 spiro atoms. The van der Waals surface area contributed by atoms with Crippen LogP contribution in [0.15, 0.2) is 24.4 Å². The van der Waals surface area contributed by atoms with Crippen LogP contribution in [-0.2, 0) is 7.05 Å². The molecule has 0 aliphatic rings. The Morgan fingerprint density at radius 3 is 2.83 bits per heavy atom. The molecule has 0 amide bonds. The molecule has 23 heavy (non-hydrogen) atoms. The Hall–Kier alpha value is -2.28. The molecule has 0 aliphatic carbocycles. The van der Waals surface area contributed by atoms with Crippen molar-refractivity contribution in [1.82, 2.24) is 19.5 Å². The largest absolute Gasteiger partial charge is 0.335 e. The van der Waals surface area contributed by atoms with Crippen molar-refractivity contribution in [3.05, 3.63) is 30.0 Å². The van der Waals surface area contributed by atoms with Crippen molar-refractivity contribution in [2.24, 2.45) is 13.0 Å². The van der Waals surface area contributed by atoms with Gasteiger partial charge in [0.2, 0.25) is 0 Å². The number of anilines is 1. The minimum absolute atomic E-state index is 0.0236. The summed E-state index contributed by atoms with van der Waals surface area (Å²) < 4.78 is 5.02. The van der Waals surface area contributed by atoms with Crippen molar-refractivity contribution in [2.75, 3.05) is 11.0 Å². The minimum Gasteiger partial charge on any atom is -0.335 e. The van der Waals surface area contributed by atoms with Gasteiger partial charge in [-0.15, -0.1) is 0 Å². The molecule has 3 aromatic rings. The maximum Gasteiger partial charge on any atom is 0.178 e. The van der Waals surface area contributed by atoms with Gasteiger partial charge in [0.05, 0.1) is 11.0 Å². The van der Waals surface area contributed by atoms with E-state index in [4.69, 9.17) is 0 Å². The zero-order chi connectivity index (χ0) is 16.6. The summed E-state index contributed by atoms with van der Waals surface area (Å²) in [6.45, 7) is 3.80.